The van der Waals surface area contributed by atoms with Crippen molar-refractivity contribution >= 4 is 75.0 Å². The van der Waals surface area contributed by atoms with Crippen molar-refractivity contribution in [1.82, 2.24) is 5.32 Å². The zero-order valence-electron chi connectivity index (χ0n) is 6.92. The molecule has 1 N–H and O–H groups in total. The van der Waals surface area contributed by atoms with E-state index >= 15 is 0 Å². The summed E-state index contributed by atoms with van der Waals surface area (Å²) in [6.07, 6.45) is 4.18. The second-order valence-corrected chi connectivity index (χ2v) is 172. The summed E-state index contributed by atoms with van der Waals surface area (Å²) in [4.78, 5) is 0. The van der Waals surface area contributed by atoms with Crippen LogP contribution in [0.4, 0.5) is 0 Å². The quantitative estimate of drug-likeness (QED) is 0.285. The van der Waals surface area contributed by atoms with Crippen LogP contribution in [0.3, 0.4) is 0 Å². The number of halogens is 4. The first-order valence-electron chi connectivity index (χ1n) is 3.88. The number of piperidine rings is 1. The minimum atomic E-state index is -1.40. The average Bonchev–Trinajstić information content (AvgIpc) is 1.85. The fraction of sp³-hybridized carbons (Fsp3) is 1.00. The van der Waals surface area contributed by atoms with Gasteiger partial charge in [0.2, 0.25) is 0 Å². The summed E-state index contributed by atoms with van der Waals surface area (Å²) in [5, 5.41) is 3.38. The molecule has 1 atom stereocenters. The third-order valence-electron chi connectivity index (χ3n) is 1.56. The first-order valence-corrected chi connectivity index (χ1v) is 47.6. The van der Waals surface area contributed by atoms with E-state index in [0.717, 1.165) is 6.04 Å². The second kappa shape index (κ2) is 8.90. The summed E-state index contributed by atoms with van der Waals surface area (Å²) in [5.74, 6) is 0. The molecule has 74 valence electrons. The summed E-state index contributed by atoms with van der Waals surface area (Å²) in [7, 11) is 0. The van der Waals surface area contributed by atoms with E-state index in [9.17, 15) is 0 Å². The molecule has 0 aromatic rings. The summed E-state index contributed by atoms with van der Waals surface area (Å²) in [6.45, 7) is 3.49. The molecular formula is C6H13I4NPb. The third-order valence-corrected chi connectivity index (χ3v) is 1.56. The van der Waals surface area contributed by atoms with Crippen molar-refractivity contribution in [3.8, 4) is 0 Å². The van der Waals surface area contributed by atoms with Crippen LogP contribution in [-0.4, -0.2) is 16.6 Å². The van der Waals surface area contributed by atoms with Crippen LogP contribution >= 0.6 is 71.0 Å². The van der Waals surface area contributed by atoms with Crippen LogP contribution in [0.5, 0.6) is 0 Å². The van der Waals surface area contributed by atoms with Crippen molar-refractivity contribution in [2.75, 3.05) is 6.54 Å². The average molecular weight is 814 g/mol. The SMILES string of the molecule is CC1CCCCN1.[I][Pb]([I])([I])[I]. The Bertz CT molecular complexity index is 105. The molecular weight excluding hydrogens is 801 g/mol. The summed E-state index contributed by atoms with van der Waals surface area (Å²) < 4.78 is -1.40. The monoisotopic (exact) mass is 815 g/mol. The van der Waals surface area contributed by atoms with E-state index in [0.29, 0.717) is 0 Å². The molecule has 1 aliphatic rings. The topological polar surface area (TPSA) is 12.0 Å². The van der Waals surface area contributed by atoms with Crippen LogP contribution in [0.15, 0.2) is 0 Å². The summed E-state index contributed by atoms with van der Waals surface area (Å²) in [6, 6.07) is 0.786. The van der Waals surface area contributed by atoms with Gasteiger partial charge in [0.1, 0.15) is 0 Å². The van der Waals surface area contributed by atoms with Crippen LogP contribution in [0.25, 0.3) is 0 Å². The fourth-order valence-corrected chi connectivity index (χ4v) is 1.03. The molecule has 0 spiro atoms. The molecule has 1 unspecified atom stereocenters. The molecule has 0 radical (unpaired) electrons. The van der Waals surface area contributed by atoms with Gasteiger partial charge in [0, 0.05) is 6.04 Å². The Morgan fingerprint density at radius 3 is 1.83 bits per heavy atom. The van der Waals surface area contributed by atoms with E-state index in [1.165, 1.54) is 25.8 Å². The van der Waals surface area contributed by atoms with Crippen molar-refractivity contribution in [2.45, 2.75) is 32.2 Å². The van der Waals surface area contributed by atoms with Gasteiger partial charge in [-0.25, -0.2) is 0 Å². The molecule has 0 aromatic heterocycles. The van der Waals surface area contributed by atoms with Crippen LogP contribution in [-0.2, 0) is 0 Å². The Kier molecular flexibility index (Phi) is 11.7. The molecule has 1 aliphatic heterocycles. The Morgan fingerprint density at radius 1 is 1.17 bits per heavy atom. The fourth-order valence-electron chi connectivity index (χ4n) is 1.03. The minimum absolute atomic E-state index is 0.786. The first-order chi connectivity index (χ1) is 5.39. The molecule has 0 saturated carbocycles. The molecule has 1 nitrogen and oxygen atoms in total. The molecule has 0 bridgehead atoms. The summed E-state index contributed by atoms with van der Waals surface area (Å²) in [5.41, 5.74) is 0. The van der Waals surface area contributed by atoms with Crippen molar-refractivity contribution < 1.29 is 0 Å². The zero-order valence-corrected chi connectivity index (χ0v) is 19.4. The van der Waals surface area contributed by atoms with Crippen molar-refractivity contribution in [3.63, 3.8) is 0 Å². The third kappa shape index (κ3) is 16.2. The van der Waals surface area contributed by atoms with E-state index in [1.54, 1.807) is 0 Å². The number of hydrogen-bond donors (Lipinski definition) is 1. The van der Waals surface area contributed by atoms with Gasteiger partial charge in [-0.2, -0.15) is 0 Å². The van der Waals surface area contributed by atoms with Crippen molar-refractivity contribution in [3.05, 3.63) is 0 Å². The second-order valence-electron chi connectivity index (χ2n) is 2.78. The number of nitrogens with one attached hydrogen (secondary N) is 1. The normalized spacial score (nSPS) is 24.2. The van der Waals surface area contributed by atoms with Gasteiger partial charge in [-0.05, 0) is 26.3 Å². The molecule has 0 aliphatic carbocycles. The van der Waals surface area contributed by atoms with Gasteiger partial charge in [-0.15, -0.1) is 0 Å². The Balaban J connectivity index is 0.000000217. The van der Waals surface area contributed by atoms with Gasteiger partial charge >= 0.3 is 75.0 Å². The van der Waals surface area contributed by atoms with Crippen molar-refractivity contribution in [2.24, 2.45) is 0 Å². The van der Waals surface area contributed by atoms with Crippen LogP contribution in [0.1, 0.15) is 26.2 Å². The van der Waals surface area contributed by atoms with Crippen LogP contribution in [0, 0.1) is 0 Å². The van der Waals surface area contributed by atoms with Gasteiger partial charge in [0.05, 0.1) is 0 Å². The zero-order chi connectivity index (χ0) is 9.61. The first kappa shape index (κ1) is 15.8. The maximum absolute atomic E-state index is 3.38. The Morgan fingerprint density at radius 2 is 1.67 bits per heavy atom. The van der Waals surface area contributed by atoms with E-state index in [-0.39, 0.29) is 0 Å². The molecule has 1 rings (SSSR count). The summed E-state index contributed by atoms with van der Waals surface area (Å²) >= 11 is 10.2. The molecule has 1 saturated heterocycles. The molecule has 12 heavy (non-hydrogen) atoms. The van der Waals surface area contributed by atoms with Crippen LogP contribution in [0.2, 0.25) is 0 Å². The van der Waals surface area contributed by atoms with Gasteiger partial charge in [0.25, 0.3) is 0 Å². The van der Waals surface area contributed by atoms with Gasteiger partial charge in [-0.1, -0.05) is 6.42 Å². The maximum atomic E-state index is 3.38. The van der Waals surface area contributed by atoms with E-state index < -0.39 is 4.00 Å². The van der Waals surface area contributed by atoms with Crippen molar-refractivity contribution in [1.29, 1.82) is 0 Å². The van der Waals surface area contributed by atoms with E-state index in [2.05, 4.69) is 83.3 Å². The van der Waals surface area contributed by atoms with Gasteiger partial charge < -0.3 is 5.32 Å². The Hall–Kier alpha value is 3.80. The number of rotatable bonds is 0. The van der Waals surface area contributed by atoms with E-state index in [1.807, 2.05) is 0 Å². The van der Waals surface area contributed by atoms with Crippen LogP contribution < -0.4 is 5.32 Å². The predicted molar refractivity (Wildman–Crippen MR) is 93.1 cm³/mol. The molecule has 6 heteroatoms. The standard InChI is InChI=1S/C6H13N.4HI.Pb/c1-6-4-2-3-5-7-6;;;;;/h6-7H,2-5H2,1H3;4*1H;/q;;;;;+4/p-4. The molecule has 0 amide bonds. The molecule has 0 aromatic carbocycles. The molecule has 1 heterocycles. The number of hydrogen-bond acceptors (Lipinski definition) is 1. The van der Waals surface area contributed by atoms with Gasteiger partial charge in [-0.3, -0.25) is 0 Å². The predicted octanol–water partition coefficient (Wildman–Crippen LogP) is 4.31. The van der Waals surface area contributed by atoms with Gasteiger partial charge in [0.15, 0.2) is 0 Å². The Labute approximate surface area is 116 Å². The van der Waals surface area contributed by atoms with E-state index in [4.69, 9.17) is 0 Å². The molecule has 1 fully saturated rings.